The van der Waals surface area contributed by atoms with Crippen molar-refractivity contribution in [3.63, 3.8) is 0 Å². The van der Waals surface area contributed by atoms with Crippen LogP contribution in [0.5, 0.6) is 5.75 Å². The number of carbonyl (C=O) groups is 1. The summed E-state index contributed by atoms with van der Waals surface area (Å²) in [4.78, 5) is 12.4. The molecular formula is C22H23ClN4O2S. The number of hydrogen-bond acceptors (Lipinski definition) is 5. The monoisotopic (exact) mass is 442 g/mol. The minimum absolute atomic E-state index is 0.0236. The first kappa shape index (κ1) is 20.8. The van der Waals surface area contributed by atoms with Gasteiger partial charge in [0.05, 0.1) is 23.6 Å². The summed E-state index contributed by atoms with van der Waals surface area (Å²) < 4.78 is 7.20. The van der Waals surface area contributed by atoms with E-state index in [1.54, 1.807) is 7.11 Å². The SMILES string of the molecule is COc1ccc(-n2c(SCC(=O)NC3CCCC3)nnc2-c2ccccc2)cc1Cl. The molecule has 1 amide bonds. The van der Waals surface area contributed by atoms with Crippen LogP contribution >= 0.6 is 23.4 Å². The summed E-state index contributed by atoms with van der Waals surface area (Å²) in [7, 11) is 1.58. The van der Waals surface area contributed by atoms with Crippen molar-refractivity contribution < 1.29 is 9.53 Å². The quantitative estimate of drug-likeness (QED) is 0.535. The second-order valence-electron chi connectivity index (χ2n) is 7.16. The van der Waals surface area contributed by atoms with Gasteiger partial charge in [0.25, 0.3) is 0 Å². The Kier molecular flexibility index (Phi) is 6.59. The van der Waals surface area contributed by atoms with E-state index in [-0.39, 0.29) is 11.7 Å². The van der Waals surface area contributed by atoms with Crippen molar-refractivity contribution in [3.8, 4) is 22.8 Å². The van der Waals surface area contributed by atoms with Crippen LogP contribution in [-0.4, -0.2) is 39.6 Å². The first-order valence-corrected chi connectivity index (χ1v) is 11.3. The standard InChI is InChI=1S/C22H23ClN4O2S/c1-29-19-12-11-17(13-18(19)23)27-21(15-7-3-2-4-8-15)25-26-22(27)30-14-20(28)24-16-9-5-6-10-16/h2-4,7-8,11-13,16H,5-6,9-10,14H2,1H3,(H,24,28). The van der Waals surface area contributed by atoms with Crippen LogP contribution in [-0.2, 0) is 4.79 Å². The number of benzene rings is 2. The van der Waals surface area contributed by atoms with E-state index >= 15 is 0 Å². The third-order valence-corrected chi connectivity index (χ3v) is 6.34. The Hall–Kier alpha value is -2.51. The van der Waals surface area contributed by atoms with Gasteiger partial charge < -0.3 is 10.1 Å². The van der Waals surface area contributed by atoms with Crippen molar-refractivity contribution in [1.29, 1.82) is 0 Å². The van der Waals surface area contributed by atoms with E-state index in [1.807, 2.05) is 53.1 Å². The van der Waals surface area contributed by atoms with Crippen LogP contribution in [0.1, 0.15) is 25.7 Å². The van der Waals surface area contributed by atoms with Crippen LogP contribution in [0.15, 0.2) is 53.7 Å². The molecule has 1 aromatic heterocycles. The molecule has 0 unspecified atom stereocenters. The van der Waals surface area contributed by atoms with Crippen LogP contribution in [0.2, 0.25) is 5.02 Å². The molecular weight excluding hydrogens is 420 g/mol. The molecule has 1 heterocycles. The van der Waals surface area contributed by atoms with Crippen molar-refractivity contribution in [2.75, 3.05) is 12.9 Å². The number of rotatable bonds is 7. The van der Waals surface area contributed by atoms with E-state index in [0.717, 1.165) is 24.1 Å². The van der Waals surface area contributed by atoms with Crippen molar-refractivity contribution in [2.24, 2.45) is 0 Å². The maximum Gasteiger partial charge on any atom is 0.230 e. The first-order valence-electron chi connectivity index (χ1n) is 9.92. The second-order valence-corrected chi connectivity index (χ2v) is 8.51. The lowest BCUT2D eigenvalue weighted by Crippen LogP contribution is -2.33. The molecule has 0 bridgehead atoms. The molecule has 0 radical (unpaired) electrons. The number of aromatic nitrogens is 3. The molecule has 1 fully saturated rings. The van der Waals surface area contributed by atoms with Crippen LogP contribution < -0.4 is 10.1 Å². The molecule has 1 aliphatic rings. The van der Waals surface area contributed by atoms with Crippen molar-refractivity contribution in [1.82, 2.24) is 20.1 Å². The molecule has 3 aromatic rings. The molecule has 30 heavy (non-hydrogen) atoms. The number of nitrogens with zero attached hydrogens (tertiary/aromatic N) is 3. The molecule has 8 heteroatoms. The molecule has 1 saturated carbocycles. The highest BCUT2D eigenvalue weighted by atomic mass is 35.5. The highest BCUT2D eigenvalue weighted by Crippen LogP contribution is 2.32. The number of amides is 1. The Morgan fingerprint density at radius 3 is 2.67 bits per heavy atom. The van der Waals surface area contributed by atoms with Crippen molar-refractivity contribution >= 4 is 29.3 Å². The zero-order valence-electron chi connectivity index (χ0n) is 16.7. The number of nitrogens with one attached hydrogen (secondary N) is 1. The lowest BCUT2D eigenvalue weighted by molar-refractivity contribution is -0.119. The van der Waals surface area contributed by atoms with Gasteiger partial charge in [-0.15, -0.1) is 10.2 Å². The minimum Gasteiger partial charge on any atom is -0.495 e. The molecule has 0 aliphatic heterocycles. The lowest BCUT2D eigenvalue weighted by Gasteiger charge is -2.13. The molecule has 4 rings (SSSR count). The van der Waals surface area contributed by atoms with Crippen LogP contribution in [0, 0.1) is 0 Å². The van der Waals surface area contributed by atoms with Gasteiger partial charge in [0.15, 0.2) is 11.0 Å². The Bertz CT molecular complexity index is 1020. The van der Waals surface area contributed by atoms with Gasteiger partial charge in [-0.3, -0.25) is 9.36 Å². The van der Waals surface area contributed by atoms with Crippen LogP contribution in [0.4, 0.5) is 0 Å². The Labute approximate surface area is 185 Å². The fourth-order valence-corrected chi connectivity index (χ4v) is 4.65. The number of halogens is 1. The number of hydrogen-bond donors (Lipinski definition) is 1. The van der Waals surface area contributed by atoms with Gasteiger partial charge >= 0.3 is 0 Å². The van der Waals surface area contributed by atoms with Gasteiger partial charge in [-0.25, -0.2) is 0 Å². The molecule has 6 nitrogen and oxygen atoms in total. The Balaban J connectivity index is 1.62. The van der Waals surface area contributed by atoms with Crippen molar-refractivity contribution in [3.05, 3.63) is 53.6 Å². The summed E-state index contributed by atoms with van der Waals surface area (Å²) in [6.07, 6.45) is 4.50. The average Bonchev–Trinajstić information content (AvgIpc) is 3.42. The first-order chi connectivity index (χ1) is 14.7. The van der Waals surface area contributed by atoms with Gasteiger partial charge in [-0.2, -0.15) is 0 Å². The van der Waals surface area contributed by atoms with Gasteiger partial charge in [0, 0.05) is 11.6 Å². The lowest BCUT2D eigenvalue weighted by atomic mass is 10.2. The largest absolute Gasteiger partial charge is 0.495 e. The zero-order chi connectivity index (χ0) is 20.9. The topological polar surface area (TPSA) is 69.0 Å². The highest BCUT2D eigenvalue weighted by molar-refractivity contribution is 7.99. The average molecular weight is 443 g/mol. The van der Waals surface area contributed by atoms with Crippen LogP contribution in [0.3, 0.4) is 0 Å². The maximum atomic E-state index is 12.4. The third-order valence-electron chi connectivity index (χ3n) is 5.11. The Morgan fingerprint density at radius 2 is 1.97 bits per heavy atom. The molecule has 1 N–H and O–H groups in total. The molecule has 0 atom stereocenters. The number of ether oxygens (including phenoxy) is 1. The zero-order valence-corrected chi connectivity index (χ0v) is 18.2. The van der Waals surface area contributed by atoms with Crippen LogP contribution in [0.25, 0.3) is 17.1 Å². The highest BCUT2D eigenvalue weighted by Gasteiger charge is 2.20. The minimum atomic E-state index is 0.0236. The predicted octanol–water partition coefficient (Wildman–Crippen LogP) is 4.75. The number of methoxy groups -OCH3 is 1. The molecule has 0 saturated heterocycles. The van der Waals surface area contributed by atoms with Gasteiger partial charge in [-0.1, -0.05) is 66.5 Å². The molecule has 156 valence electrons. The van der Waals surface area contributed by atoms with Gasteiger partial charge in [0.2, 0.25) is 5.91 Å². The van der Waals surface area contributed by atoms with Crippen molar-refractivity contribution in [2.45, 2.75) is 36.9 Å². The van der Waals surface area contributed by atoms with Gasteiger partial charge in [0.1, 0.15) is 5.75 Å². The number of thioether (sulfide) groups is 1. The normalized spacial score (nSPS) is 14.1. The van der Waals surface area contributed by atoms with E-state index < -0.39 is 0 Å². The predicted molar refractivity (Wildman–Crippen MR) is 119 cm³/mol. The van der Waals surface area contributed by atoms with E-state index in [4.69, 9.17) is 16.3 Å². The molecule has 2 aromatic carbocycles. The maximum absolute atomic E-state index is 12.4. The van der Waals surface area contributed by atoms with Gasteiger partial charge in [-0.05, 0) is 31.0 Å². The molecule has 1 aliphatic carbocycles. The summed E-state index contributed by atoms with van der Waals surface area (Å²) in [6.45, 7) is 0. The third kappa shape index (κ3) is 4.63. The summed E-state index contributed by atoms with van der Waals surface area (Å²) in [5, 5.41) is 13.0. The summed E-state index contributed by atoms with van der Waals surface area (Å²) in [6, 6.07) is 15.7. The summed E-state index contributed by atoms with van der Waals surface area (Å²) in [5.74, 6) is 1.60. The van der Waals surface area contributed by atoms with E-state index in [2.05, 4.69) is 15.5 Å². The fraction of sp³-hybridized carbons (Fsp3) is 0.318. The van der Waals surface area contributed by atoms with E-state index in [9.17, 15) is 4.79 Å². The Morgan fingerprint density at radius 1 is 1.20 bits per heavy atom. The van der Waals surface area contributed by atoms with E-state index in [1.165, 1.54) is 24.6 Å². The summed E-state index contributed by atoms with van der Waals surface area (Å²) >= 11 is 7.74. The smallest absolute Gasteiger partial charge is 0.230 e. The number of carbonyl (C=O) groups excluding carboxylic acids is 1. The fourth-order valence-electron chi connectivity index (χ4n) is 3.63. The summed E-state index contributed by atoms with van der Waals surface area (Å²) in [5.41, 5.74) is 1.74. The molecule has 0 spiro atoms. The second kappa shape index (κ2) is 9.53. The van der Waals surface area contributed by atoms with E-state index in [0.29, 0.717) is 27.8 Å².